The Morgan fingerprint density at radius 2 is 1.68 bits per heavy atom. The Labute approximate surface area is 135 Å². The van der Waals surface area contributed by atoms with Gasteiger partial charge in [0.05, 0.1) is 0 Å². The number of allylic oxidation sites excluding steroid dienone is 3. The van der Waals surface area contributed by atoms with E-state index in [0.29, 0.717) is 0 Å². The predicted molar refractivity (Wildman–Crippen MR) is 98.1 cm³/mol. The summed E-state index contributed by atoms with van der Waals surface area (Å²) in [6, 6.07) is 17.6. The second kappa shape index (κ2) is 7.79. The van der Waals surface area contributed by atoms with Gasteiger partial charge in [-0.05, 0) is 48.4 Å². The SMILES string of the molecule is C=C(/C=C(\CC)c1ccc(C)cc1)Cc1cccc(CC)c1. The molecule has 0 bridgehead atoms. The zero-order valence-electron chi connectivity index (χ0n) is 14.0. The molecule has 0 spiro atoms. The third kappa shape index (κ3) is 4.46. The van der Waals surface area contributed by atoms with Crippen LogP contribution in [0.4, 0.5) is 0 Å². The summed E-state index contributed by atoms with van der Waals surface area (Å²) in [5, 5.41) is 0. The number of aryl methyl sites for hydroxylation is 2. The maximum atomic E-state index is 4.26. The monoisotopic (exact) mass is 290 g/mol. The molecule has 0 radical (unpaired) electrons. The van der Waals surface area contributed by atoms with Crippen LogP contribution >= 0.6 is 0 Å². The molecule has 0 aliphatic rings. The molecule has 0 unspecified atom stereocenters. The van der Waals surface area contributed by atoms with Gasteiger partial charge in [0, 0.05) is 0 Å². The van der Waals surface area contributed by atoms with E-state index >= 15 is 0 Å². The molecule has 0 N–H and O–H groups in total. The van der Waals surface area contributed by atoms with Crippen LogP contribution in [0.2, 0.25) is 0 Å². The van der Waals surface area contributed by atoms with E-state index in [-0.39, 0.29) is 0 Å². The largest absolute Gasteiger partial charge is 0.0955 e. The molecule has 0 fully saturated rings. The second-order valence-corrected chi connectivity index (χ2v) is 5.90. The van der Waals surface area contributed by atoms with Gasteiger partial charge in [-0.1, -0.05) is 86.2 Å². The molecule has 2 rings (SSSR count). The number of hydrogen-bond acceptors (Lipinski definition) is 0. The second-order valence-electron chi connectivity index (χ2n) is 5.90. The van der Waals surface area contributed by atoms with E-state index in [9.17, 15) is 0 Å². The van der Waals surface area contributed by atoms with Gasteiger partial charge in [-0.2, -0.15) is 0 Å². The lowest BCUT2D eigenvalue weighted by atomic mass is 9.97. The van der Waals surface area contributed by atoms with Crippen LogP contribution in [0.1, 0.15) is 42.5 Å². The number of benzene rings is 2. The molecule has 0 heteroatoms. The minimum atomic E-state index is 0.920. The van der Waals surface area contributed by atoms with Gasteiger partial charge in [0.2, 0.25) is 0 Å². The lowest BCUT2D eigenvalue weighted by molar-refractivity contribution is 1.11. The summed E-state index contributed by atoms with van der Waals surface area (Å²) < 4.78 is 0. The molecule has 0 nitrogen and oxygen atoms in total. The van der Waals surface area contributed by atoms with Crippen molar-refractivity contribution in [2.75, 3.05) is 0 Å². The van der Waals surface area contributed by atoms with Gasteiger partial charge in [0.1, 0.15) is 0 Å². The van der Waals surface area contributed by atoms with Crippen molar-refractivity contribution in [3.63, 3.8) is 0 Å². The van der Waals surface area contributed by atoms with Crippen molar-refractivity contribution < 1.29 is 0 Å². The zero-order valence-corrected chi connectivity index (χ0v) is 14.0. The molecule has 0 atom stereocenters. The third-order valence-corrected chi connectivity index (χ3v) is 4.01. The molecule has 114 valence electrons. The number of rotatable bonds is 6. The summed E-state index contributed by atoms with van der Waals surface area (Å²) in [4.78, 5) is 0. The lowest BCUT2D eigenvalue weighted by Gasteiger charge is -2.09. The van der Waals surface area contributed by atoms with Gasteiger partial charge in [-0.15, -0.1) is 0 Å². The van der Waals surface area contributed by atoms with E-state index in [0.717, 1.165) is 19.3 Å². The van der Waals surface area contributed by atoms with Gasteiger partial charge in [0.25, 0.3) is 0 Å². The molecule has 2 aromatic carbocycles. The Bertz CT molecular complexity index is 657. The summed E-state index contributed by atoms with van der Waals surface area (Å²) in [5.74, 6) is 0. The smallest absolute Gasteiger partial charge is 0.00314 e. The highest BCUT2D eigenvalue weighted by Crippen LogP contribution is 2.21. The Morgan fingerprint density at radius 3 is 2.32 bits per heavy atom. The molecule has 0 aliphatic carbocycles. The lowest BCUT2D eigenvalue weighted by Crippen LogP contribution is -1.91. The van der Waals surface area contributed by atoms with Gasteiger partial charge in [-0.25, -0.2) is 0 Å². The van der Waals surface area contributed by atoms with E-state index < -0.39 is 0 Å². The topological polar surface area (TPSA) is 0 Å². The Kier molecular flexibility index (Phi) is 5.77. The molecule has 0 saturated carbocycles. The standard InChI is InChI=1S/C22H26/c1-5-19-8-7-9-20(16-19)14-18(4)15-21(6-2)22-12-10-17(3)11-13-22/h7-13,15-16H,4-6,14H2,1-3H3/b21-15+. The number of hydrogen-bond donors (Lipinski definition) is 0. The van der Waals surface area contributed by atoms with E-state index in [1.54, 1.807) is 0 Å². The van der Waals surface area contributed by atoms with Crippen LogP contribution < -0.4 is 0 Å². The minimum absolute atomic E-state index is 0.920. The van der Waals surface area contributed by atoms with Crippen molar-refractivity contribution in [1.29, 1.82) is 0 Å². The Morgan fingerprint density at radius 1 is 1.00 bits per heavy atom. The van der Waals surface area contributed by atoms with Gasteiger partial charge in [0.15, 0.2) is 0 Å². The van der Waals surface area contributed by atoms with E-state index in [2.05, 4.69) is 82.0 Å². The fraction of sp³-hybridized carbons (Fsp3) is 0.273. The fourth-order valence-electron chi connectivity index (χ4n) is 2.68. The van der Waals surface area contributed by atoms with Crippen molar-refractivity contribution in [3.05, 3.63) is 89.0 Å². The summed E-state index contributed by atoms with van der Waals surface area (Å²) in [5.41, 5.74) is 7.87. The summed E-state index contributed by atoms with van der Waals surface area (Å²) in [6.07, 6.45) is 5.28. The molecular weight excluding hydrogens is 264 g/mol. The molecule has 0 saturated heterocycles. The first-order chi connectivity index (χ1) is 10.6. The van der Waals surface area contributed by atoms with Gasteiger partial charge in [-0.3, -0.25) is 0 Å². The Balaban J connectivity index is 2.15. The predicted octanol–water partition coefficient (Wildman–Crippen LogP) is 6.15. The van der Waals surface area contributed by atoms with E-state index in [1.165, 1.54) is 33.4 Å². The molecule has 0 aliphatic heterocycles. The molecule has 0 heterocycles. The van der Waals surface area contributed by atoms with Crippen LogP contribution in [-0.4, -0.2) is 0 Å². The first kappa shape index (κ1) is 16.3. The van der Waals surface area contributed by atoms with Crippen LogP contribution in [0, 0.1) is 6.92 Å². The first-order valence-electron chi connectivity index (χ1n) is 8.15. The van der Waals surface area contributed by atoms with Crippen LogP contribution in [-0.2, 0) is 12.8 Å². The van der Waals surface area contributed by atoms with Crippen molar-refractivity contribution in [2.45, 2.75) is 40.0 Å². The first-order valence-corrected chi connectivity index (χ1v) is 8.15. The fourth-order valence-corrected chi connectivity index (χ4v) is 2.68. The van der Waals surface area contributed by atoms with Crippen LogP contribution in [0.15, 0.2) is 66.8 Å². The molecule has 2 aromatic rings. The van der Waals surface area contributed by atoms with E-state index in [4.69, 9.17) is 0 Å². The highest BCUT2D eigenvalue weighted by molar-refractivity contribution is 5.68. The summed E-state index contributed by atoms with van der Waals surface area (Å²) in [6.45, 7) is 10.8. The third-order valence-electron chi connectivity index (χ3n) is 4.01. The average molecular weight is 290 g/mol. The summed E-state index contributed by atoms with van der Waals surface area (Å²) in [7, 11) is 0. The highest BCUT2D eigenvalue weighted by Gasteiger charge is 2.02. The minimum Gasteiger partial charge on any atom is -0.0955 e. The maximum absolute atomic E-state index is 4.26. The zero-order chi connectivity index (χ0) is 15.9. The van der Waals surface area contributed by atoms with Crippen LogP contribution in [0.5, 0.6) is 0 Å². The summed E-state index contributed by atoms with van der Waals surface area (Å²) >= 11 is 0. The molecule has 0 aromatic heterocycles. The quantitative estimate of drug-likeness (QED) is 0.560. The maximum Gasteiger partial charge on any atom is -0.00314 e. The molecule has 0 amide bonds. The van der Waals surface area contributed by atoms with Crippen molar-refractivity contribution in [1.82, 2.24) is 0 Å². The van der Waals surface area contributed by atoms with Gasteiger partial charge < -0.3 is 0 Å². The highest BCUT2D eigenvalue weighted by atomic mass is 14.1. The van der Waals surface area contributed by atoms with Crippen molar-refractivity contribution in [2.24, 2.45) is 0 Å². The van der Waals surface area contributed by atoms with Gasteiger partial charge >= 0.3 is 0 Å². The van der Waals surface area contributed by atoms with Crippen LogP contribution in [0.3, 0.4) is 0 Å². The Hall–Kier alpha value is -2.08. The molecule has 22 heavy (non-hydrogen) atoms. The van der Waals surface area contributed by atoms with E-state index in [1.807, 2.05) is 0 Å². The van der Waals surface area contributed by atoms with Crippen molar-refractivity contribution in [3.8, 4) is 0 Å². The van der Waals surface area contributed by atoms with Crippen molar-refractivity contribution >= 4 is 5.57 Å². The van der Waals surface area contributed by atoms with Crippen LogP contribution in [0.25, 0.3) is 5.57 Å². The molecular formula is C22H26. The average Bonchev–Trinajstić information content (AvgIpc) is 2.53. The normalized spacial score (nSPS) is 11.5.